The van der Waals surface area contributed by atoms with Crippen LogP contribution in [0.15, 0.2) is 54.6 Å². The van der Waals surface area contributed by atoms with Crippen molar-refractivity contribution < 1.29 is 24.2 Å². The first-order valence-corrected chi connectivity index (χ1v) is 9.71. The Morgan fingerprint density at radius 3 is 2.50 bits per heavy atom. The Morgan fingerprint density at radius 2 is 1.87 bits per heavy atom. The minimum atomic E-state index is -0.745. The van der Waals surface area contributed by atoms with Crippen molar-refractivity contribution in [1.82, 2.24) is 15.5 Å². The van der Waals surface area contributed by atoms with E-state index in [1.807, 2.05) is 30.3 Å². The van der Waals surface area contributed by atoms with E-state index in [0.29, 0.717) is 5.75 Å². The minimum absolute atomic E-state index is 0.0520. The van der Waals surface area contributed by atoms with Crippen molar-refractivity contribution in [3.63, 3.8) is 0 Å². The summed E-state index contributed by atoms with van der Waals surface area (Å²) in [5, 5.41) is 14.9. The van der Waals surface area contributed by atoms with E-state index in [-0.39, 0.29) is 37.8 Å². The number of carbonyl (C=O) groups is 3. The van der Waals surface area contributed by atoms with E-state index in [2.05, 4.69) is 10.6 Å². The molecule has 1 aliphatic heterocycles. The number of imide groups is 1. The molecule has 0 saturated carbocycles. The molecule has 2 unspecified atom stereocenters. The van der Waals surface area contributed by atoms with Crippen LogP contribution in [0.5, 0.6) is 5.75 Å². The molecule has 1 heterocycles. The van der Waals surface area contributed by atoms with Gasteiger partial charge in [0.2, 0.25) is 5.91 Å². The smallest absolute Gasteiger partial charge is 0.325 e. The lowest BCUT2D eigenvalue weighted by Gasteiger charge is -2.17. The van der Waals surface area contributed by atoms with E-state index in [0.717, 1.165) is 16.0 Å². The number of rotatable bonds is 9. The largest absolute Gasteiger partial charge is 0.497 e. The Bertz CT molecular complexity index is 885. The van der Waals surface area contributed by atoms with Gasteiger partial charge in [0.25, 0.3) is 5.91 Å². The SMILES string of the molecule is COc1ccc(CN2C(=O)NC(CCC(=O)NC(CO)c3ccccc3)C2=O)cc1. The number of aliphatic hydroxyl groups is 1. The molecule has 0 spiro atoms. The zero-order valence-electron chi connectivity index (χ0n) is 16.7. The van der Waals surface area contributed by atoms with Crippen molar-refractivity contribution in [3.8, 4) is 5.75 Å². The zero-order chi connectivity index (χ0) is 21.5. The van der Waals surface area contributed by atoms with Crippen LogP contribution in [0.2, 0.25) is 0 Å². The zero-order valence-corrected chi connectivity index (χ0v) is 16.7. The van der Waals surface area contributed by atoms with Crippen molar-refractivity contribution in [2.45, 2.75) is 31.5 Å². The first-order chi connectivity index (χ1) is 14.5. The first-order valence-electron chi connectivity index (χ1n) is 9.71. The number of nitrogens with zero attached hydrogens (tertiary/aromatic N) is 1. The van der Waals surface area contributed by atoms with E-state index >= 15 is 0 Å². The molecule has 1 aliphatic rings. The van der Waals surface area contributed by atoms with Gasteiger partial charge in [-0.25, -0.2) is 4.79 Å². The quantitative estimate of drug-likeness (QED) is 0.545. The molecule has 1 fully saturated rings. The number of amides is 4. The summed E-state index contributed by atoms with van der Waals surface area (Å²) in [5.41, 5.74) is 1.59. The van der Waals surface area contributed by atoms with Crippen LogP contribution in [-0.4, -0.2) is 47.6 Å². The minimum Gasteiger partial charge on any atom is -0.497 e. The molecule has 2 aromatic carbocycles. The summed E-state index contributed by atoms with van der Waals surface area (Å²) in [6.07, 6.45) is 0.235. The highest BCUT2D eigenvalue weighted by Gasteiger charge is 2.37. The average Bonchev–Trinajstić information content (AvgIpc) is 3.04. The molecule has 2 aromatic rings. The van der Waals surface area contributed by atoms with Gasteiger partial charge >= 0.3 is 6.03 Å². The van der Waals surface area contributed by atoms with E-state index in [4.69, 9.17) is 4.74 Å². The van der Waals surface area contributed by atoms with Gasteiger partial charge in [0, 0.05) is 6.42 Å². The van der Waals surface area contributed by atoms with E-state index in [1.165, 1.54) is 0 Å². The third-order valence-corrected chi connectivity index (χ3v) is 4.99. The lowest BCUT2D eigenvalue weighted by molar-refractivity contribution is -0.128. The summed E-state index contributed by atoms with van der Waals surface area (Å²) in [5.74, 6) is 0.0375. The molecule has 3 rings (SSSR count). The molecule has 0 bridgehead atoms. The standard InChI is InChI=1S/C22H25N3O5/c1-30-17-9-7-15(8-10-17)13-25-21(28)18(24-22(25)29)11-12-20(27)23-19(14-26)16-5-3-2-4-6-16/h2-10,18-19,26H,11-14H2,1H3,(H,23,27)(H,24,29). The van der Waals surface area contributed by atoms with Gasteiger partial charge in [-0.2, -0.15) is 0 Å². The van der Waals surface area contributed by atoms with Gasteiger partial charge in [-0.3, -0.25) is 14.5 Å². The van der Waals surface area contributed by atoms with Crippen LogP contribution < -0.4 is 15.4 Å². The maximum Gasteiger partial charge on any atom is 0.325 e. The van der Waals surface area contributed by atoms with Crippen molar-refractivity contribution >= 4 is 17.8 Å². The van der Waals surface area contributed by atoms with Crippen molar-refractivity contribution in [2.24, 2.45) is 0 Å². The molecule has 3 N–H and O–H groups in total. The molecule has 158 valence electrons. The summed E-state index contributed by atoms with van der Waals surface area (Å²) in [6.45, 7) is -0.0809. The van der Waals surface area contributed by atoms with Crippen LogP contribution in [0.3, 0.4) is 0 Å². The van der Waals surface area contributed by atoms with Gasteiger partial charge in [0.15, 0.2) is 0 Å². The second-order valence-corrected chi connectivity index (χ2v) is 7.03. The number of methoxy groups -OCH3 is 1. The molecule has 8 heteroatoms. The number of ether oxygens (including phenoxy) is 1. The summed E-state index contributed by atoms with van der Waals surface area (Å²) < 4.78 is 5.10. The highest BCUT2D eigenvalue weighted by Crippen LogP contribution is 2.18. The summed E-state index contributed by atoms with van der Waals surface area (Å²) in [4.78, 5) is 38.2. The third kappa shape index (κ3) is 5.15. The monoisotopic (exact) mass is 411 g/mol. The molecular weight excluding hydrogens is 386 g/mol. The molecule has 0 aliphatic carbocycles. The second-order valence-electron chi connectivity index (χ2n) is 7.03. The fourth-order valence-corrected chi connectivity index (χ4v) is 3.30. The number of benzene rings is 2. The molecule has 1 saturated heterocycles. The second kappa shape index (κ2) is 9.89. The topological polar surface area (TPSA) is 108 Å². The van der Waals surface area contributed by atoms with Crippen LogP contribution in [0.25, 0.3) is 0 Å². The van der Waals surface area contributed by atoms with Crippen molar-refractivity contribution in [3.05, 3.63) is 65.7 Å². The van der Waals surface area contributed by atoms with Crippen LogP contribution >= 0.6 is 0 Å². The lowest BCUT2D eigenvalue weighted by atomic mass is 10.1. The number of aliphatic hydroxyl groups excluding tert-OH is 1. The predicted octanol–water partition coefficient (Wildman–Crippen LogP) is 1.75. The lowest BCUT2D eigenvalue weighted by Crippen LogP contribution is -2.34. The summed E-state index contributed by atoms with van der Waals surface area (Å²) in [7, 11) is 1.57. The van der Waals surface area contributed by atoms with E-state index in [9.17, 15) is 19.5 Å². The fraction of sp³-hybridized carbons (Fsp3) is 0.318. The Balaban J connectivity index is 1.52. The normalized spacial score (nSPS) is 16.9. The number of nitrogens with one attached hydrogen (secondary N) is 2. The van der Waals surface area contributed by atoms with Crippen LogP contribution in [0.4, 0.5) is 4.79 Å². The van der Waals surface area contributed by atoms with E-state index in [1.54, 1.807) is 31.4 Å². The van der Waals surface area contributed by atoms with Gasteiger partial charge in [0.05, 0.1) is 26.3 Å². The van der Waals surface area contributed by atoms with Gasteiger partial charge < -0.3 is 20.5 Å². The van der Waals surface area contributed by atoms with Crippen LogP contribution in [0.1, 0.15) is 30.0 Å². The summed E-state index contributed by atoms with van der Waals surface area (Å²) in [6, 6.07) is 14.5. The van der Waals surface area contributed by atoms with Crippen molar-refractivity contribution in [1.29, 1.82) is 0 Å². The van der Waals surface area contributed by atoms with Crippen LogP contribution in [-0.2, 0) is 16.1 Å². The summed E-state index contributed by atoms with van der Waals surface area (Å²) >= 11 is 0. The molecule has 30 heavy (non-hydrogen) atoms. The Hall–Kier alpha value is -3.39. The van der Waals surface area contributed by atoms with Gasteiger partial charge in [0.1, 0.15) is 11.8 Å². The van der Waals surface area contributed by atoms with Gasteiger partial charge in [-0.15, -0.1) is 0 Å². The number of urea groups is 1. The Kier molecular flexibility index (Phi) is 7.03. The molecule has 8 nitrogen and oxygen atoms in total. The maximum absolute atomic E-state index is 12.6. The number of hydrogen-bond donors (Lipinski definition) is 3. The fourth-order valence-electron chi connectivity index (χ4n) is 3.30. The molecular formula is C22H25N3O5. The third-order valence-electron chi connectivity index (χ3n) is 4.99. The van der Waals surface area contributed by atoms with Gasteiger partial charge in [-0.1, -0.05) is 42.5 Å². The number of carbonyl (C=O) groups excluding carboxylic acids is 3. The Labute approximate surface area is 174 Å². The maximum atomic E-state index is 12.6. The first kappa shape index (κ1) is 21.3. The molecule has 4 amide bonds. The molecule has 2 atom stereocenters. The highest BCUT2D eigenvalue weighted by molar-refractivity contribution is 6.04. The molecule has 0 radical (unpaired) electrons. The average molecular weight is 411 g/mol. The van der Waals surface area contributed by atoms with Gasteiger partial charge in [-0.05, 0) is 29.7 Å². The van der Waals surface area contributed by atoms with E-state index < -0.39 is 18.1 Å². The predicted molar refractivity (Wildman–Crippen MR) is 110 cm³/mol. The highest BCUT2D eigenvalue weighted by atomic mass is 16.5. The Morgan fingerprint density at radius 1 is 1.17 bits per heavy atom. The molecule has 0 aromatic heterocycles. The van der Waals surface area contributed by atoms with Crippen molar-refractivity contribution in [2.75, 3.05) is 13.7 Å². The number of hydrogen-bond acceptors (Lipinski definition) is 5. The van der Waals surface area contributed by atoms with Crippen LogP contribution in [0, 0.1) is 0 Å².